The average molecular weight is 395 g/mol. The molecule has 0 spiro atoms. The number of aromatic nitrogens is 1. The number of hydrogen-bond acceptors (Lipinski definition) is 2. The third-order valence-electron chi connectivity index (χ3n) is 5.96. The molecule has 2 heteroatoms. The van der Waals surface area contributed by atoms with E-state index in [-0.39, 0.29) is 0 Å². The first-order valence-electron chi connectivity index (χ1n) is 10.9. The zero-order chi connectivity index (χ0) is 21.1. The SMILES string of the molecule is C=C(C)c1ccccc1-c1ccc(CCc2nccc(C)c2/N=C(\C)C2CC2)cc1. The lowest BCUT2D eigenvalue weighted by atomic mass is 9.94. The fraction of sp³-hybridized carbons (Fsp3) is 0.286. The van der Waals surface area contributed by atoms with Gasteiger partial charge in [0.15, 0.2) is 0 Å². The van der Waals surface area contributed by atoms with E-state index in [4.69, 9.17) is 4.99 Å². The fourth-order valence-corrected chi connectivity index (χ4v) is 3.93. The zero-order valence-electron chi connectivity index (χ0n) is 18.3. The Morgan fingerprint density at radius 1 is 1.00 bits per heavy atom. The maximum absolute atomic E-state index is 4.96. The second kappa shape index (κ2) is 8.79. The summed E-state index contributed by atoms with van der Waals surface area (Å²) in [6.07, 6.45) is 6.34. The molecule has 0 radical (unpaired) electrons. The number of hydrogen-bond donors (Lipinski definition) is 0. The van der Waals surface area contributed by atoms with Crippen molar-refractivity contribution in [2.45, 2.75) is 46.5 Å². The molecule has 2 nitrogen and oxygen atoms in total. The van der Waals surface area contributed by atoms with Gasteiger partial charge in [-0.2, -0.15) is 0 Å². The quantitative estimate of drug-likeness (QED) is 0.384. The Balaban J connectivity index is 1.51. The first kappa shape index (κ1) is 20.3. The predicted octanol–water partition coefficient (Wildman–Crippen LogP) is 7.38. The highest BCUT2D eigenvalue weighted by Gasteiger charge is 2.24. The summed E-state index contributed by atoms with van der Waals surface area (Å²) in [7, 11) is 0. The van der Waals surface area contributed by atoms with Gasteiger partial charge in [-0.3, -0.25) is 9.98 Å². The fourth-order valence-electron chi connectivity index (χ4n) is 3.93. The second-order valence-corrected chi connectivity index (χ2v) is 8.47. The van der Waals surface area contributed by atoms with Gasteiger partial charge in [-0.25, -0.2) is 0 Å². The number of aliphatic imine (C=N–C) groups is 1. The second-order valence-electron chi connectivity index (χ2n) is 8.47. The third kappa shape index (κ3) is 4.59. The Hall–Kier alpha value is -3.00. The minimum absolute atomic E-state index is 0.687. The van der Waals surface area contributed by atoms with Crippen molar-refractivity contribution in [2.24, 2.45) is 10.9 Å². The molecular formula is C28H30N2. The molecule has 4 rings (SSSR count). The van der Waals surface area contributed by atoms with E-state index in [1.54, 1.807) is 0 Å². The summed E-state index contributed by atoms with van der Waals surface area (Å²) in [5.41, 5.74) is 10.8. The lowest BCUT2D eigenvalue weighted by Gasteiger charge is -2.11. The van der Waals surface area contributed by atoms with Gasteiger partial charge in [-0.05, 0) is 86.3 Å². The van der Waals surface area contributed by atoms with E-state index in [9.17, 15) is 0 Å². The third-order valence-corrected chi connectivity index (χ3v) is 5.96. The number of nitrogens with zero attached hydrogens (tertiary/aromatic N) is 2. The van der Waals surface area contributed by atoms with E-state index in [2.05, 4.69) is 86.9 Å². The summed E-state index contributed by atoms with van der Waals surface area (Å²) < 4.78 is 0. The van der Waals surface area contributed by atoms with Crippen LogP contribution in [0.2, 0.25) is 0 Å². The Kier molecular flexibility index (Phi) is 5.94. The van der Waals surface area contributed by atoms with Crippen molar-refractivity contribution in [3.05, 3.63) is 89.8 Å². The number of pyridine rings is 1. The Bertz CT molecular complexity index is 1090. The van der Waals surface area contributed by atoms with Crippen LogP contribution in [0, 0.1) is 12.8 Å². The standard InChI is InChI=1S/C28H30N2/c1-19(2)25-7-5-6-8-26(25)24-12-9-22(10-13-24)11-16-27-28(20(3)17-18-29-27)30-21(4)23-14-15-23/h5-10,12-13,17-18,23H,1,11,14-16H2,2-4H3/b30-21+. The van der Waals surface area contributed by atoms with Gasteiger partial charge in [0.1, 0.15) is 0 Å². The molecule has 0 atom stereocenters. The Morgan fingerprint density at radius 2 is 1.73 bits per heavy atom. The van der Waals surface area contributed by atoms with Crippen LogP contribution in [0.25, 0.3) is 16.7 Å². The molecule has 0 saturated heterocycles. The van der Waals surface area contributed by atoms with Crippen LogP contribution >= 0.6 is 0 Å². The highest BCUT2D eigenvalue weighted by molar-refractivity contribution is 5.89. The minimum Gasteiger partial charge on any atom is -0.259 e. The van der Waals surface area contributed by atoms with Crippen molar-refractivity contribution in [1.29, 1.82) is 0 Å². The Labute approximate surface area is 180 Å². The monoisotopic (exact) mass is 394 g/mol. The van der Waals surface area contributed by atoms with Gasteiger partial charge in [0.25, 0.3) is 0 Å². The summed E-state index contributed by atoms with van der Waals surface area (Å²) in [6.45, 7) is 10.5. The summed E-state index contributed by atoms with van der Waals surface area (Å²) in [5.74, 6) is 0.687. The number of allylic oxidation sites excluding steroid dienone is 1. The summed E-state index contributed by atoms with van der Waals surface area (Å²) >= 11 is 0. The van der Waals surface area contributed by atoms with Crippen LogP contribution in [-0.2, 0) is 12.8 Å². The zero-order valence-corrected chi connectivity index (χ0v) is 18.3. The lowest BCUT2D eigenvalue weighted by Crippen LogP contribution is -1.99. The molecule has 1 aromatic heterocycles. The molecule has 1 aliphatic carbocycles. The van der Waals surface area contributed by atoms with E-state index in [0.717, 1.165) is 29.8 Å². The van der Waals surface area contributed by atoms with Crippen LogP contribution in [0.5, 0.6) is 0 Å². The molecule has 30 heavy (non-hydrogen) atoms. The maximum Gasteiger partial charge on any atom is 0.0873 e. The molecule has 152 valence electrons. The first-order valence-corrected chi connectivity index (χ1v) is 10.9. The lowest BCUT2D eigenvalue weighted by molar-refractivity contribution is 0.909. The van der Waals surface area contributed by atoms with Gasteiger partial charge in [0, 0.05) is 11.9 Å². The van der Waals surface area contributed by atoms with Gasteiger partial charge in [-0.1, -0.05) is 60.7 Å². The Morgan fingerprint density at radius 3 is 2.43 bits per heavy atom. The summed E-state index contributed by atoms with van der Waals surface area (Å²) in [6, 6.07) is 19.4. The number of rotatable bonds is 7. The molecule has 0 aliphatic heterocycles. The largest absolute Gasteiger partial charge is 0.259 e. The van der Waals surface area contributed by atoms with E-state index >= 15 is 0 Å². The van der Waals surface area contributed by atoms with Gasteiger partial charge in [0.05, 0.1) is 11.4 Å². The molecule has 1 saturated carbocycles. The minimum atomic E-state index is 0.687. The molecule has 0 bridgehead atoms. The van der Waals surface area contributed by atoms with Crippen LogP contribution in [0.3, 0.4) is 0 Å². The molecule has 0 unspecified atom stereocenters. The van der Waals surface area contributed by atoms with E-state index < -0.39 is 0 Å². The van der Waals surface area contributed by atoms with Crippen molar-refractivity contribution in [3.63, 3.8) is 0 Å². The normalized spacial score (nSPS) is 14.0. The van der Waals surface area contributed by atoms with E-state index in [1.165, 1.54) is 46.4 Å². The van der Waals surface area contributed by atoms with Crippen LogP contribution < -0.4 is 0 Å². The molecule has 3 aromatic rings. The van der Waals surface area contributed by atoms with Gasteiger partial charge < -0.3 is 0 Å². The molecule has 1 aliphatic rings. The van der Waals surface area contributed by atoms with Crippen LogP contribution in [-0.4, -0.2) is 10.7 Å². The predicted molar refractivity (Wildman–Crippen MR) is 128 cm³/mol. The molecule has 0 amide bonds. The molecule has 1 fully saturated rings. The van der Waals surface area contributed by atoms with Crippen molar-refractivity contribution in [3.8, 4) is 11.1 Å². The highest BCUT2D eigenvalue weighted by Crippen LogP contribution is 2.33. The van der Waals surface area contributed by atoms with Gasteiger partial charge in [-0.15, -0.1) is 0 Å². The molecule has 0 N–H and O–H groups in total. The van der Waals surface area contributed by atoms with E-state index in [0.29, 0.717) is 5.92 Å². The van der Waals surface area contributed by atoms with Crippen LogP contribution in [0.1, 0.15) is 49.1 Å². The van der Waals surface area contributed by atoms with Crippen LogP contribution in [0.4, 0.5) is 5.69 Å². The first-order chi connectivity index (χ1) is 14.5. The van der Waals surface area contributed by atoms with Crippen molar-refractivity contribution in [2.75, 3.05) is 0 Å². The maximum atomic E-state index is 4.96. The topological polar surface area (TPSA) is 25.2 Å². The van der Waals surface area contributed by atoms with Crippen molar-refractivity contribution < 1.29 is 0 Å². The summed E-state index contributed by atoms with van der Waals surface area (Å²) in [4.78, 5) is 9.63. The van der Waals surface area contributed by atoms with Crippen molar-refractivity contribution >= 4 is 17.0 Å². The van der Waals surface area contributed by atoms with Gasteiger partial charge in [0.2, 0.25) is 0 Å². The molecular weight excluding hydrogens is 364 g/mol. The smallest absolute Gasteiger partial charge is 0.0873 e. The van der Waals surface area contributed by atoms with Crippen LogP contribution in [0.15, 0.2) is 72.4 Å². The molecule has 1 heterocycles. The van der Waals surface area contributed by atoms with Crippen molar-refractivity contribution in [1.82, 2.24) is 4.98 Å². The summed E-state index contributed by atoms with van der Waals surface area (Å²) in [5, 5.41) is 0. The van der Waals surface area contributed by atoms with E-state index in [1.807, 2.05) is 6.20 Å². The average Bonchev–Trinajstić information content (AvgIpc) is 3.60. The molecule has 2 aromatic carbocycles. The van der Waals surface area contributed by atoms with Gasteiger partial charge >= 0.3 is 0 Å². The number of benzene rings is 2. The number of aryl methyl sites for hydroxylation is 3. The highest BCUT2D eigenvalue weighted by atomic mass is 14.8.